The number of aliphatic hydroxyl groups is 2. The quantitative estimate of drug-likeness (QED) is 0.0360. The topological polar surface area (TPSA) is 138 Å². The van der Waals surface area contributed by atoms with Gasteiger partial charge in [0.2, 0.25) is 12.6 Å². The molecule has 12 nitrogen and oxygen atoms in total. The third-order valence-corrected chi connectivity index (χ3v) is 13.0. The van der Waals surface area contributed by atoms with Gasteiger partial charge in [-0.3, -0.25) is 4.90 Å². The van der Waals surface area contributed by atoms with E-state index in [1.165, 1.54) is 0 Å². The van der Waals surface area contributed by atoms with Crippen LogP contribution in [0.3, 0.4) is 0 Å². The molecule has 65 heavy (non-hydrogen) atoms. The fraction of sp³-hybridized carbons (Fsp3) is 0.423. The van der Waals surface area contributed by atoms with Gasteiger partial charge in [0, 0.05) is 37.7 Å². The van der Waals surface area contributed by atoms with Crippen molar-refractivity contribution in [1.29, 1.82) is 0 Å². The molecule has 0 aromatic heterocycles. The van der Waals surface area contributed by atoms with Gasteiger partial charge in [0.1, 0.15) is 36.5 Å². The van der Waals surface area contributed by atoms with Crippen LogP contribution in [0, 0.1) is 17.8 Å². The van der Waals surface area contributed by atoms with Gasteiger partial charge in [-0.2, -0.15) is 0 Å². The molecule has 0 radical (unpaired) electrons. The number of alkyl halides is 1. The zero-order valence-corrected chi connectivity index (χ0v) is 37.7. The summed E-state index contributed by atoms with van der Waals surface area (Å²) in [6.45, 7) is 6.78. The summed E-state index contributed by atoms with van der Waals surface area (Å²) in [6, 6.07) is 29.0. The van der Waals surface area contributed by atoms with E-state index in [2.05, 4.69) is 43.0 Å². The van der Waals surface area contributed by atoms with Gasteiger partial charge < -0.3 is 43.5 Å². The highest BCUT2D eigenvalue weighted by Gasteiger charge is 2.65. The molecule has 2 aliphatic heterocycles. The first-order valence-corrected chi connectivity index (χ1v) is 23.4. The molecule has 2 aliphatic carbocycles. The van der Waals surface area contributed by atoms with Gasteiger partial charge in [0.05, 0.1) is 24.1 Å². The molecule has 1 saturated carbocycles. The summed E-state index contributed by atoms with van der Waals surface area (Å²) in [4.78, 5) is 22.2. The number of amides is 1. The van der Waals surface area contributed by atoms with E-state index in [0.29, 0.717) is 53.9 Å². The van der Waals surface area contributed by atoms with E-state index >= 15 is 0 Å². The minimum Gasteiger partial charge on any atom is -0.459 e. The van der Waals surface area contributed by atoms with E-state index in [1.807, 2.05) is 67.6 Å². The lowest BCUT2D eigenvalue weighted by Crippen LogP contribution is -2.70. The van der Waals surface area contributed by atoms with Gasteiger partial charge in [0.15, 0.2) is 11.5 Å². The molecule has 4 aromatic rings. The molecule has 6 atom stereocenters. The Morgan fingerprint density at radius 2 is 1.65 bits per heavy atom. The van der Waals surface area contributed by atoms with Crippen molar-refractivity contribution in [3.63, 3.8) is 0 Å². The van der Waals surface area contributed by atoms with Gasteiger partial charge in [-0.25, -0.2) is 4.79 Å². The van der Waals surface area contributed by atoms with E-state index in [4.69, 9.17) is 50.0 Å². The zero-order chi connectivity index (χ0) is 45.2. The minimum absolute atomic E-state index is 0.00768. The maximum absolute atomic E-state index is 14.6. The summed E-state index contributed by atoms with van der Waals surface area (Å²) in [5.41, 5.74) is 5.55. The predicted molar refractivity (Wildman–Crippen MR) is 249 cm³/mol. The Balaban J connectivity index is 1.29. The van der Waals surface area contributed by atoms with Gasteiger partial charge >= 0.3 is 6.09 Å². The number of oxime groups is 1. The largest absolute Gasteiger partial charge is 0.459 e. The van der Waals surface area contributed by atoms with Crippen molar-refractivity contribution >= 4 is 23.4 Å². The van der Waals surface area contributed by atoms with Gasteiger partial charge in [-0.1, -0.05) is 78.7 Å². The third-order valence-electron chi connectivity index (χ3n) is 12.8. The number of allylic oxidation sites excluding steroid dienone is 1. The molecule has 13 heteroatoms. The maximum atomic E-state index is 14.6. The highest BCUT2D eigenvalue weighted by atomic mass is 35.5. The van der Waals surface area contributed by atoms with Crippen LogP contribution in [0.15, 0.2) is 120 Å². The van der Waals surface area contributed by atoms with E-state index in [9.17, 15) is 15.0 Å². The predicted octanol–water partition coefficient (Wildman–Crippen LogP) is 10.4. The van der Waals surface area contributed by atoms with Crippen molar-refractivity contribution in [1.82, 2.24) is 4.90 Å². The maximum Gasteiger partial charge on any atom is 0.410 e. The number of fused-ring (bicyclic) bond motifs is 3. The number of halogens is 1. The standard InChI is InChI=1S/C52H59ClN2O10/c1-3-27-62-52-48(55(51(58)59-28-24-53)33-35-16-22-46-47(29-35)61-34-60-46)32-44(54-63-4-2)42-30-38(14-8-10-25-56)41(15-9-11-26-57)49(50(42)52)43-31-40(21-23-45(43)65-52)64-39-19-17-37(18-20-39)36-12-6-5-7-13-36/h3,5-7,12-13,16-23,29-31,38,41,48-50,56-57H,1,4,8-11,14-15,24-28,32-34H2,2H3. The van der Waals surface area contributed by atoms with E-state index in [-0.39, 0.29) is 69.8 Å². The monoisotopic (exact) mass is 906 g/mol. The summed E-state index contributed by atoms with van der Waals surface area (Å²) in [5.74, 6) is 1.11. The van der Waals surface area contributed by atoms with E-state index in [1.54, 1.807) is 11.0 Å². The van der Waals surface area contributed by atoms with Gasteiger partial charge in [-0.15, -0.1) is 18.2 Å². The summed E-state index contributed by atoms with van der Waals surface area (Å²) in [5, 5.41) is 24.8. The van der Waals surface area contributed by atoms with Gasteiger partial charge in [0.25, 0.3) is 0 Å². The van der Waals surface area contributed by atoms with Crippen LogP contribution in [0.2, 0.25) is 0 Å². The molecule has 4 aliphatic rings. The molecule has 0 bridgehead atoms. The van der Waals surface area contributed by atoms with Gasteiger partial charge in [-0.05, 0) is 109 Å². The van der Waals surface area contributed by atoms with E-state index in [0.717, 1.165) is 53.5 Å². The number of aliphatic hydroxyl groups excluding tert-OH is 2. The number of carbonyl (C=O) groups is 1. The fourth-order valence-electron chi connectivity index (χ4n) is 10.1. The average Bonchev–Trinajstić information content (AvgIpc) is 3.81. The highest BCUT2D eigenvalue weighted by Crippen LogP contribution is 2.62. The van der Waals surface area contributed by atoms with Crippen molar-refractivity contribution < 1.29 is 48.3 Å². The first kappa shape index (κ1) is 46.0. The summed E-state index contributed by atoms with van der Waals surface area (Å²) in [6.07, 6.45) is 8.17. The number of nitrogens with zero attached hydrogens (tertiary/aromatic N) is 2. The van der Waals surface area contributed by atoms with Crippen LogP contribution in [0.1, 0.15) is 68.9 Å². The molecule has 6 unspecified atom stereocenters. The molecule has 8 rings (SSSR count). The number of hydrogen-bond acceptors (Lipinski definition) is 11. The van der Waals surface area contributed by atoms with Crippen molar-refractivity contribution in [2.45, 2.75) is 76.2 Å². The average molecular weight is 908 g/mol. The Morgan fingerprint density at radius 3 is 2.40 bits per heavy atom. The van der Waals surface area contributed by atoms with Crippen LogP contribution < -0.4 is 18.9 Å². The smallest absolute Gasteiger partial charge is 0.410 e. The van der Waals surface area contributed by atoms with Crippen molar-refractivity contribution in [3.05, 3.63) is 126 Å². The first-order chi connectivity index (χ1) is 31.9. The van der Waals surface area contributed by atoms with Crippen molar-refractivity contribution in [3.8, 4) is 39.9 Å². The van der Waals surface area contributed by atoms with Crippen LogP contribution in [-0.4, -0.2) is 84.5 Å². The minimum atomic E-state index is -1.49. The Hall–Kier alpha value is -5.53. The van der Waals surface area contributed by atoms with Crippen LogP contribution in [0.25, 0.3) is 11.1 Å². The molecule has 1 fully saturated rings. The molecular weight excluding hydrogens is 848 g/mol. The molecule has 0 spiro atoms. The van der Waals surface area contributed by atoms with Crippen molar-refractivity contribution in [2.24, 2.45) is 22.9 Å². The number of unbranched alkanes of at least 4 members (excludes halogenated alkanes) is 2. The van der Waals surface area contributed by atoms with Crippen LogP contribution in [0.5, 0.6) is 28.7 Å². The second kappa shape index (κ2) is 21.6. The number of hydrogen-bond donors (Lipinski definition) is 2. The molecule has 4 aromatic carbocycles. The zero-order valence-electron chi connectivity index (χ0n) is 36.9. The lowest BCUT2D eigenvalue weighted by atomic mass is 9.55. The molecule has 2 heterocycles. The number of rotatable bonds is 21. The lowest BCUT2D eigenvalue weighted by molar-refractivity contribution is -0.256. The normalized spacial score (nSPS) is 23.1. The third kappa shape index (κ3) is 10.0. The fourth-order valence-corrected chi connectivity index (χ4v) is 10.2. The molecule has 2 N–H and O–H groups in total. The Morgan fingerprint density at radius 1 is 0.908 bits per heavy atom. The van der Waals surface area contributed by atoms with Crippen molar-refractivity contribution in [2.75, 3.05) is 45.7 Å². The van der Waals surface area contributed by atoms with Crippen LogP contribution in [0.4, 0.5) is 4.79 Å². The highest BCUT2D eigenvalue weighted by molar-refractivity contribution is 6.18. The number of ether oxygens (including phenoxy) is 6. The van der Waals surface area contributed by atoms with Crippen LogP contribution in [-0.2, 0) is 20.9 Å². The molecule has 344 valence electrons. The number of carbonyl (C=O) groups excluding carboxylic acids is 1. The lowest BCUT2D eigenvalue weighted by Gasteiger charge is -2.59. The van der Waals surface area contributed by atoms with Crippen LogP contribution >= 0.6 is 11.6 Å². The summed E-state index contributed by atoms with van der Waals surface area (Å²) in [7, 11) is 0. The number of benzene rings is 4. The van der Waals surface area contributed by atoms with E-state index < -0.39 is 23.8 Å². The molecular formula is C52H59ClN2O10. The summed E-state index contributed by atoms with van der Waals surface area (Å²) < 4.78 is 38.4. The Bertz CT molecular complexity index is 2300. The summed E-state index contributed by atoms with van der Waals surface area (Å²) >= 11 is 6.12. The second-order valence-electron chi connectivity index (χ2n) is 16.8. The Labute approximate surface area is 386 Å². The second-order valence-corrected chi connectivity index (χ2v) is 17.2. The molecule has 1 amide bonds. The Kier molecular flexibility index (Phi) is 15.3. The first-order valence-electron chi connectivity index (χ1n) is 22.8. The molecule has 0 saturated heterocycles. The SMILES string of the molecule is C=CCOC12Oc3ccc(Oc4ccc(-c5ccccc5)cc4)cc3C3C(CCCCO)C(CCCCO)C=C(C(=NOCC)CC1N(Cc1ccc4c(c1)OCO4)C(=O)OCCCl)C32.